The van der Waals surface area contributed by atoms with Gasteiger partial charge >= 0.3 is 0 Å². The largest absolute Gasteiger partial charge is 0.494 e. The lowest BCUT2D eigenvalue weighted by molar-refractivity contribution is 0.340. The van der Waals surface area contributed by atoms with E-state index in [1.54, 1.807) is 36.3 Å². The Morgan fingerprint density at radius 3 is 2.33 bits per heavy atom. The lowest BCUT2D eigenvalue weighted by Gasteiger charge is -2.14. The number of ether oxygens (including phenoxy) is 1. The summed E-state index contributed by atoms with van der Waals surface area (Å²) in [7, 11) is 0. The van der Waals surface area contributed by atoms with E-state index in [9.17, 15) is 4.39 Å². The highest BCUT2D eigenvalue weighted by Crippen LogP contribution is 2.37. The predicted molar refractivity (Wildman–Crippen MR) is 116 cm³/mol. The zero-order valence-electron chi connectivity index (χ0n) is 16.7. The van der Waals surface area contributed by atoms with Gasteiger partial charge < -0.3 is 4.74 Å². The van der Waals surface area contributed by atoms with Crippen molar-refractivity contribution in [2.75, 3.05) is 6.61 Å². The van der Waals surface area contributed by atoms with Gasteiger partial charge in [-0.15, -0.1) is 10.2 Å². The molecule has 2 aromatic carbocycles. The van der Waals surface area contributed by atoms with E-state index in [-0.39, 0.29) is 11.1 Å². The summed E-state index contributed by atoms with van der Waals surface area (Å²) < 4.78 is 20.9. The number of hydrogen-bond donors (Lipinski definition) is 0. The molecule has 0 saturated carbocycles. The van der Waals surface area contributed by atoms with Crippen LogP contribution < -0.4 is 4.74 Å². The van der Waals surface area contributed by atoms with Crippen LogP contribution in [0.25, 0.3) is 17.1 Å². The van der Waals surface area contributed by atoms with E-state index in [4.69, 9.17) is 4.74 Å². The van der Waals surface area contributed by atoms with Crippen LogP contribution in [-0.2, 0) is 0 Å². The van der Waals surface area contributed by atoms with Crippen molar-refractivity contribution in [3.8, 4) is 22.8 Å². The predicted octanol–water partition coefficient (Wildman–Crippen LogP) is 5.72. The van der Waals surface area contributed by atoms with Gasteiger partial charge in [0.2, 0.25) is 0 Å². The van der Waals surface area contributed by atoms with Crippen molar-refractivity contribution in [3.63, 3.8) is 0 Å². The fourth-order valence-electron chi connectivity index (χ4n) is 3.09. The summed E-state index contributed by atoms with van der Waals surface area (Å²) in [4.78, 5) is 4.10. The maximum Gasteiger partial charge on any atom is 0.196 e. The summed E-state index contributed by atoms with van der Waals surface area (Å²) in [6.07, 6.45) is 3.47. The summed E-state index contributed by atoms with van der Waals surface area (Å²) in [5.74, 6) is 1.30. The first-order valence-corrected chi connectivity index (χ1v) is 10.5. The highest BCUT2D eigenvalue weighted by atomic mass is 32.2. The minimum atomic E-state index is -0.242. The second-order valence-corrected chi connectivity index (χ2v) is 7.92. The Morgan fingerprint density at radius 2 is 1.67 bits per heavy atom. The SMILES string of the molecule is CCOc1ccc(-n2c(SC(C)c3ccc(F)cc3)nnc2-c2ccncc2)cc1. The first kappa shape index (κ1) is 20.1. The van der Waals surface area contributed by atoms with Crippen molar-refractivity contribution >= 4 is 11.8 Å². The molecular formula is C23H21FN4OS. The number of halogens is 1. The zero-order valence-corrected chi connectivity index (χ0v) is 17.5. The molecule has 0 saturated heterocycles. The van der Waals surface area contributed by atoms with E-state index in [0.717, 1.165) is 33.5 Å². The smallest absolute Gasteiger partial charge is 0.196 e. The first-order chi connectivity index (χ1) is 14.7. The van der Waals surface area contributed by atoms with Crippen molar-refractivity contribution < 1.29 is 9.13 Å². The van der Waals surface area contributed by atoms with Gasteiger partial charge in [0, 0.05) is 28.9 Å². The number of benzene rings is 2. The van der Waals surface area contributed by atoms with Crippen molar-refractivity contribution in [1.82, 2.24) is 19.7 Å². The Hall–Kier alpha value is -3.19. The lowest BCUT2D eigenvalue weighted by atomic mass is 10.2. The van der Waals surface area contributed by atoms with Crippen LogP contribution in [0.3, 0.4) is 0 Å². The molecular weight excluding hydrogens is 399 g/mol. The molecule has 0 radical (unpaired) electrons. The summed E-state index contributed by atoms with van der Waals surface area (Å²) in [6.45, 7) is 4.65. The second kappa shape index (κ2) is 9.09. The molecule has 2 heterocycles. The Bertz CT molecular complexity index is 1100. The Kier molecular flexibility index (Phi) is 6.09. The summed E-state index contributed by atoms with van der Waals surface area (Å²) in [5, 5.41) is 9.74. The van der Waals surface area contributed by atoms with E-state index in [1.165, 1.54) is 12.1 Å². The van der Waals surface area contributed by atoms with E-state index in [1.807, 2.05) is 47.9 Å². The third-order valence-corrected chi connectivity index (χ3v) is 5.70. The molecule has 0 aliphatic carbocycles. The molecule has 152 valence electrons. The maximum absolute atomic E-state index is 13.3. The highest BCUT2D eigenvalue weighted by molar-refractivity contribution is 7.99. The second-order valence-electron chi connectivity index (χ2n) is 6.62. The number of hydrogen-bond acceptors (Lipinski definition) is 5. The van der Waals surface area contributed by atoms with E-state index in [2.05, 4.69) is 22.1 Å². The molecule has 4 rings (SSSR count). The quantitative estimate of drug-likeness (QED) is 0.358. The Balaban J connectivity index is 1.73. The van der Waals surface area contributed by atoms with Gasteiger partial charge in [-0.3, -0.25) is 9.55 Å². The van der Waals surface area contributed by atoms with Crippen LogP contribution in [0.2, 0.25) is 0 Å². The number of rotatable bonds is 7. The first-order valence-electron chi connectivity index (χ1n) is 9.67. The minimum Gasteiger partial charge on any atom is -0.494 e. The molecule has 2 aromatic heterocycles. The number of nitrogens with zero attached hydrogens (tertiary/aromatic N) is 4. The number of aromatic nitrogens is 4. The van der Waals surface area contributed by atoms with Gasteiger partial charge in [-0.1, -0.05) is 23.9 Å². The van der Waals surface area contributed by atoms with Crippen molar-refractivity contribution in [1.29, 1.82) is 0 Å². The van der Waals surface area contributed by atoms with Crippen LogP contribution in [0.15, 0.2) is 78.2 Å². The molecule has 1 unspecified atom stereocenters. The molecule has 4 aromatic rings. The van der Waals surface area contributed by atoms with Gasteiger partial charge in [0.25, 0.3) is 0 Å². The average Bonchev–Trinajstić information content (AvgIpc) is 3.19. The Labute approximate surface area is 179 Å². The molecule has 0 bridgehead atoms. The van der Waals surface area contributed by atoms with Crippen LogP contribution in [0.1, 0.15) is 24.7 Å². The fraction of sp³-hybridized carbons (Fsp3) is 0.174. The van der Waals surface area contributed by atoms with Gasteiger partial charge in [0.05, 0.1) is 6.61 Å². The maximum atomic E-state index is 13.3. The van der Waals surface area contributed by atoms with Gasteiger partial charge in [0.15, 0.2) is 11.0 Å². The van der Waals surface area contributed by atoms with E-state index < -0.39 is 0 Å². The molecule has 30 heavy (non-hydrogen) atoms. The fourth-order valence-corrected chi connectivity index (χ4v) is 4.08. The molecule has 7 heteroatoms. The molecule has 0 spiro atoms. The molecule has 0 N–H and O–H groups in total. The van der Waals surface area contributed by atoms with Gasteiger partial charge in [-0.25, -0.2) is 4.39 Å². The standard InChI is InChI=1S/C23H21FN4OS/c1-3-29-21-10-8-20(9-11-21)28-22(18-12-14-25-15-13-18)26-27-23(28)30-16(2)17-4-6-19(24)7-5-17/h4-16H,3H2,1-2H3. The van der Waals surface area contributed by atoms with Crippen molar-refractivity contribution in [2.24, 2.45) is 0 Å². The van der Waals surface area contributed by atoms with Gasteiger partial charge in [0.1, 0.15) is 11.6 Å². The topological polar surface area (TPSA) is 52.8 Å². The third kappa shape index (κ3) is 4.36. The van der Waals surface area contributed by atoms with E-state index >= 15 is 0 Å². The van der Waals surface area contributed by atoms with Gasteiger partial charge in [-0.05, 0) is 67.9 Å². The molecule has 0 aliphatic rings. The summed E-state index contributed by atoms with van der Waals surface area (Å²) in [6, 6.07) is 18.2. The monoisotopic (exact) mass is 420 g/mol. The lowest BCUT2D eigenvalue weighted by Crippen LogP contribution is -2.01. The number of thioether (sulfide) groups is 1. The van der Waals surface area contributed by atoms with E-state index in [0.29, 0.717) is 6.61 Å². The molecule has 0 amide bonds. The van der Waals surface area contributed by atoms with Crippen LogP contribution in [-0.4, -0.2) is 26.4 Å². The third-order valence-electron chi connectivity index (χ3n) is 4.60. The minimum absolute atomic E-state index is 0.0709. The zero-order chi connectivity index (χ0) is 20.9. The van der Waals surface area contributed by atoms with Crippen molar-refractivity contribution in [3.05, 3.63) is 84.4 Å². The average molecular weight is 421 g/mol. The van der Waals surface area contributed by atoms with Crippen molar-refractivity contribution in [2.45, 2.75) is 24.3 Å². The van der Waals surface area contributed by atoms with Crippen LogP contribution in [0.4, 0.5) is 4.39 Å². The highest BCUT2D eigenvalue weighted by Gasteiger charge is 2.19. The molecule has 1 atom stereocenters. The molecule has 0 fully saturated rings. The number of pyridine rings is 1. The Morgan fingerprint density at radius 1 is 0.967 bits per heavy atom. The van der Waals surface area contributed by atoms with Crippen LogP contribution in [0, 0.1) is 5.82 Å². The van der Waals surface area contributed by atoms with Crippen LogP contribution >= 0.6 is 11.8 Å². The van der Waals surface area contributed by atoms with Gasteiger partial charge in [-0.2, -0.15) is 0 Å². The molecule has 5 nitrogen and oxygen atoms in total. The summed E-state index contributed by atoms with van der Waals surface area (Å²) in [5.41, 5.74) is 2.88. The summed E-state index contributed by atoms with van der Waals surface area (Å²) >= 11 is 1.57. The van der Waals surface area contributed by atoms with Crippen LogP contribution in [0.5, 0.6) is 5.75 Å². The normalized spacial score (nSPS) is 12.0. The molecule has 0 aliphatic heterocycles.